The molecule has 1 atom stereocenters. The lowest BCUT2D eigenvalue weighted by Crippen LogP contribution is -2.30. The Hall–Kier alpha value is -2.48. The van der Waals surface area contributed by atoms with Crippen LogP contribution in [0.4, 0.5) is 4.79 Å². The third-order valence-corrected chi connectivity index (χ3v) is 3.56. The lowest BCUT2D eigenvalue weighted by Gasteiger charge is -2.21. The molecule has 0 bridgehead atoms. The van der Waals surface area contributed by atoms with Crippen LogP contribution >= 0.6 is 0 Å². The van der Waals surface area contributed by atoms with Crippen molar-refractivity contribution in [3.8, 4) is 5.69 Å². The van der Waals surface area contributed by atoms with Crippen molar-refractivity contribution >= 4 is 6.09 Å². The van der Waals surface area contributed by atoms with Gasteiger partial charge in [-0.3, -0.25) is 4.98 Å². The van der Waals surface area contributed by atoms with Crippen LogP contribution in [0.2, 0.25) is 0 Å². The van der Waals surface area contributed by atoms with Crippen molar-refractivity contribution < 1.29 is 14.3 Å². The SMILES string of the molecule is O=C(NCc1cn(-c2ccncc2)nn1)OCC1CCCCO1. The Morgan fingerprint density at radius 3 is 3.04 bits per heavy atom. The second kappa shape index (κ2) is 7.68. The zero-order valence-electron chi connectivity index (χ0n) is 12.7. The minimum Gasteiger partial charge on any atom is -0.447 e. The summed E-state index contributed by atoms with van der Waals surface area (Å²) in [5.41, 5.74) is 1.50. The summed E-state index contributed by atoms with van der Waals surface area (Å²) in [6, 6.07) is 3.65. The van der Waals surface area contributed by atoms with Crippen molar-refractivity contribution in [3.05, 3.63) is 36.4 Å². The Morgan fingerprint density at radius 1 is 1.39 bits per heavy atom. The third-order valence-electron chi connectivity index (χ3n) is 3.56. The van der Waals surface area contributed by atoms with Crippen molar-refractivity contribution in [2.45, 2.75) is 31.9 Å². The van der Waals surface area contributed by atoms with Gasteiger partial charge >= 0.3 is 6.09 Å². The highest BCUT2D eigenvalue weighted by atomic mass is 16.6. The average Bonchev–Trinajstić information content (AvgIpc) is 3.09. The minimum absolute atomic E-state index is 0.0158. The predicted octanol–water partition coefficient (Wildman–Crippen LogP) is 1.46. The lowest BCUT2D eigenvalue weighted by molar-refractivity contribution is -0.0224. The summed E-state index contributed by atoms with van der Waals surface area (Å²) in [6.07, 6.45) is 7.79. The van der Waals surface area contributed by atoms with Gasteiger partial charge in [0.05, 0.1) is 24.5 Å². The summed E-state index contributed by atoms with van der Waals surface area (Å²) < 4.78 is 12.3. The number of alkyl carbamates (subject to hydrolysis) is 1. The Kier molecular flexibility index (Phi) is 5.15. The third kappa shape index (κ3) is 4.49. The molecule has 1 unspecified atom stereocenters. The first-order chi connectivity index (χ1) is 11.3. The van der Waals surface area contributed by atoms with Gasteiger partial charge in [0.15, 0.2) is 0 Å². The Labute approximate surface area is 133 Å². The summed E-state index contributed by atoms with van der Waals surface area (Å²) in [5.74, 6) is 0. The number of rotatable bonds is 5. The van der Waals surface area contributed by atoms with E-state index < -0.39 is 6.09 Å². The van der Waals surface area contributed by atoms with E-state index in [4.69, 9.17) is 9.47 Å². The summed E-state index contributed by atoms with van der Waals surface area (Å²) in [5, 5.41) is 10.7. The van der Waals surface area contributed by atoms with Crippen molar-refractivity contribution in [2.24, 2.45) is 0 Å². The molecule has 122 valence electrons. The van der Waals surface area contributed by atoms with Gasteiger partial charge in [-0.2, -0.15) is 0 Å². The maximum absolute atomic E-state index is 11.7. The fourth-order valence-corrected chi connectivity index (χ4v) is 2.32. The molecule has 1 aliphatic rings. The maximum Gasteiger partial charge on any atom is 0.407 e. The number of hydrogen-bond acceptors (Lipinski definition) is 6. The number of amides is 1. The van der Waals surface area contributed by atoms with Gasteiger partial charge in [-0.25, -0.2) is 9.48 Å². The number of nitrogens with one attached hydrogen (secondary N) is 1. The molecule has 1 saturated heterocycles. The van der Waals surface area contributed by atoms with Crippen LogP contribution in [-0.4, -0.2) is 45.4 Å². The highest BCUT2D eigenvalue weighted by Gasteiger charge is 2.16. The number of carbonyl (C=O) groups excluding carboxylic acids is 1. The lowest BCUT2D eigenvalue weighted by atomic mass is 10.1. The van der Waals surface area contributed by atoms with E-state index in [1.54, 1.807) is 23.3 Å². The van der Waals surface area contributed by atoms with Crippen molar-refractivity contribution in [3.63, 3.8) is 0 Å². The summed E-state index contributed by atoms with van der Waals surface area (Å²) in [6.45, 7) is 1.29. The fraction of sp³-hybridized carbons (Fsp3) is 0.467. The molecule has 2 aromatic heterocycles. The number of ether oxygens (including phenoxy) is 2. The van der Waals surface area contributed by atoms with Crippen LogP contribution in [0.5, 0.6) is 0 Å². The molecule has 1 fully saturated rings. The van der Waals surface area contributed by atoms with Gasteiger partial charge in [-0.1, -0.05) is 5.21 Å². The van der Waals surface area contributed by atoms with Gasteiger partial charge in [0.2, 0.25) is 0 Å². The monoisotopic (exact) mass is 317 g/mol. The molecule has 8 heteroatoms. The van der Waals surface area contributed by atoms with Crippen LogP contribution in [0.15, 0.2) is 30.7 Å². The van der Waals surface area contributed by atoms with Crippen molar-refractivity contribution in [2.75, 3.05) is 13.2 Å². The molecule has 23 heavy (non-hydrogen) atoms. The van der Waals surface area contributed by atoms with Gasteiger partial charge < -0.3 is 14.8 Å². The molecule has 0 aliphatic carbocycles. The molecule has 0 aromatic carbocycles. The first-order valence-corrected chi connectivity index (χ1v) is 7.65. The summed E-state index contributed by atoms with van der Waals surface area (Å²) >= 11 is 0. The minimum atomic E-state index is -0.474. The Morgan fingerprint density at radius 2 is 2.26 bits per heavy atom. The van der Waals surface area contributed by atoms with E-state index in [9.17, 15) is 4.79 Å². The van der Waals surface area contributed by atoms with E-state index in [0.717, 1.165) is 31.6 Å². The molecule has 1 N–H and O–H groups in total. The first-order valence-electron chi connectivity index (χ1n) is 7.65. The van der Waals surface area contributed by atoms with E-state index in [0.29, 0.717) is 5.69 Å². The molecule has 1 aliphatic heterocycles. The second-order valence-corrected chi connectivity index (χ2v) is 5.30. The van der Waals surface area contributed by atoms with Crippen LogP contribution in [0, 0.1) is 0 Å². The Balaban J connectivity index is 1.43. The number of carbonyl (C=O) groups is 1. The fourth-order valence-electron chi connectivity index (χ4n) is 2.32. The van der Waals surface area contributed by atoms with Crippen LogP contribution in [0.3, 0.4) is 0 Å². The quantitative estimate of drug-likeness (QED) is 0.897. The summed E-state index contributed by atoms with van der Waals surface area (Å²) in [7, 11) is 0. The molecule has 0 radical (unpaired) electrons. The Bertz CT molecular complexity index is 625. The zero-order valence-corrected chi connectivity index (χ0v) is 12.7. The molecule has 3 heterocycles. The molecule has 0 spiro atoms. The second-order valence-electron chi connectivity index (χ2n) is 5.30. The van der Waals surface area contributed by atoms with E-state index in [2.05, 4.69) is 20.6 Å². The van der Waals surface area contributed by atoms with Crippen molar-refractivity contribution in [1.82, 2.24) is 25.3 Å². The van der Waals surface area contributed by atoms with Gasteiger partial charge in [0.1, 0.15) is 12.3 Å². The molecule has 0 saturated carbocycles. The number of pyridine rings is 1. The molecule has 3 rings (SSSR count). The molecule has 1 amide bonds. The highest BCUT2D eigenvalue weighted by molar-refractivity contribution is 5.67. The normalized spacial score (nSPS) is 17.7. The van der Waals surface area contributed by atoms with E-state index in [1.165, 1.54) is 0 Å². The standard InChI is InChI=1S/C15H19N5O3/c21-15(23-11-14-3-1-2-8-22-14)17-9-12-10-20(19-18-12)13-4-6-16-7-5-13/h4-7,10,14H,1-3,8-9,11H2,(H,17,21). The van der Waals surface area contributed by atoms with Gasteiger partial charge in [-0.15, -0.1) is 5.10 Å². The van der Waals surface area contributed by atoms with E-state index in [-0.39, 0.29) is 19.3 Å². The van der Waals surface area contributed by atoms with Crippen LogP contribution in [0.1, 0.15) is 25.0 Å². The molecule has 2 aromatic rings. The number of hydrogen-bond donors (Lipinski definition) is 1. The first kappa shape index (κ1) is 15.4. The average molecular weight is 317 g/mol. The molecular formula is C15H19N5O3. The maximum atomic E-state index is 11.7. The van der Waals surface area contributed by atoms with Crippen LogP contribution in [-0.2, 0) is 16.0 Å². The zero-order chi connectivity index (χ0) is 15.9. The smallest absolute Gasteiger partial charge is 0.407 e. The van der Waals surface area contributed by atoms with Crippen LogP contribution in [0.25, 0.3) is 5.69 Å². The largest absolute Gasteiger partial charge is 0.447 e. The summed E-state index contributed by atoms with van der Waals surface area (Å²) in [4.78, 5) is 15.6. The molecule has 8 nitrogen and oxygen atoms in total. The van der Waals surface area contributed by atoms with Crippen LogP contribution < -0.4 is 5.32 Å². The van der Waals surface area contributed by atoms with Gasteiger partial charge in [0, 0.05) is 19.0 Å². The number of aromatic nitrogens is 4. The van der Waals surface area contributed by atoms with Gasteiger partial charge in [-0.05, 0) is 31.4 Å². The predicted molar refractivity (Wildman–Crippen MR) is 80.9 cm³/mol. The van der Waals surface area contributed by atoms with Gasteiger partial charge in [0.25, 0.3) is 0 Å². The van der Waals surface area contributed by atoms with Crippen molar-refractivity contribution in [1.29, 1.82) is 0 Å². The number of nitrogens with zero attached hydrogens (tertiary/aromatic N) is 4. The molecular weight excluding hydrogens is 298 g/mol. The highest BCUT2D eigenvalue weighted by Crippen LogP contribution is 2.12. The van der Waals surface area contributed by atoms with E-state index >= 15 is 0 Å². The topological polar surface area (TPSA) is 91.2 Å². The van der Waals surface area contributed by atoms with E-state index in [1.807, 2.05) is 12.1 Å².